The van der Waals surface area contributed by atoms with Gasteiger partial charge in [0.1, 0.15) is 5.82 Å². The van der Waals surface area contributed by atoms with Crippen LogP contribution in [0.5, 0.6) is 0 Å². The van der Waals surface area contributed by atoms with Crippen LogP contribution >= 0.6 is 0 Å². The summed E-state index contributed by atoms with van der Waals surface area (Å²) in [6.45, 7) is 7.45. The van der Waals surface area contributed by atoms with E-state index < -0.39 is 0 Å². The summed E-state index contributed by atoms with van der Waals surface area (Å²) in [4.78, 5) is 7.33. The molecule has 2 aromatic heterocycles. The van der Waals surface area contributed by atoms with E-state index in [2.05, 4.69) is 68.9 Å². The zero-order valence-corrected chi connectivity index (χ0v) is 16.2. The maximum atomic E-state index is 4.72. The molecule has 5 nitrogen and oxygen atoms in total. The highest BCUT2D eigenvalue weighted by molar-refractivity contribution is 5.16. The Morgan fingerprint density at radius 3 is 2.85 bits per heavy atom. The highest BCUT2D eigenvalue weighted by Gasteiger charge is 2.24. The number of piperidine rings is 1. The lowest BCUT2D eigenvalue weighted by Gasteiger charge is -2.32. The van der Waals surface area contributed by atoms with Gasteiger partial charge in [0.05, 0.1) is 6.20 Å². The first-order valence-electron chi connectivity index (χ1n) is 10.0. The van der Waals surface area contributed by atoms with E-state index in [0.29, 0.717) is 5.92 Å². The number of aryl methyl sites for hydroxylation is 2. The fraction of sp³-hybridized carbons (Fsp3) is 0.455. The predicted molar refractivity (Wildman–Crippen MR) is 108 cm³/mol. The van der Waals surface area contributed by atoms with Crippen LogP contribution in [0.25, 0.3) is 0 Å². The number of hydrogen-bond acceptors (Lipinski definition) is 3. The van der Waals surface area contributed by atoms with Crippen LogP contribution in [-0.4, -0.2) is 43.9 Å². The molecule has 0 aliphatic carbocycles. The highest BCUT2D eigenvalue weighted by Crippen LogP contribution is 2.26. The van der Waals surface area contributed by atoms with Crippen molar-refractivity contribution in [2.75, 3.05) is 19.6 Å². The van der Waals surface area contributed by atoms with E-state index >= 15 is 0 Å². The molecule has 0 spiro atoms. The van der Waals surface area contributed by atoms with Crippen LogP contribution in [0.15, 0.2) is 55.1 Å². The highest BCUT2D eigenvalue weighted by atomic mass is 15.3. The van der Waals surface area contributed by atoms with Gasteiger partial charge in [-0.25, -0.2) is 4.98 Å². The molecule has 142 valence electrons. The van der Waals surface area contributed by atoms with Crippen molar-refractivity contribution in [2.45, 2.75) is 45.2 Å². The van der Waals surface area contributed by atoms with Gasteiger partial charge in [-0.2, -0.15) is 5.10 Å². The Kier molecular flexibility index (Phi) is 5.68. The lowest BCUT2D eigenvalue weighted by Crippen LogP contribution is -2.36. The van der Waals surface area contributed by atoms with Crippen LogP contribution in [0.2, 0.25) is 0 Å². The Bertz CT molecular complexity index is 835. The van der Waals surface area contributed by atoms with Crippen LogP contribution in [-0.2, 0) is 13.1 Å². The maximum absolute atomic E-state index is 4.72. The third kappa shape index (κ3) is 4.66. The Morgan fingerprint density at radius 2 is 2.04 bits per heavy atom. The molecule has 4 rings (SSSR count). The van der Waals surface area contributed by atoms with Crippen LogP contribution in [0.1, 0.15) is 42.1 Å². The molecule has 1 aromatic carbocycles. The molecule has 1 aliphatic heterocycles. The van der Waals surface area contributed by atoms with Gasteiger partial charge < -0.3 is 9.47 Å². The normalized spacial score (nSPS) is 18.0. The SMILES string of the molecule is Cc1cnn(CCCN2CCC[C@H](c3nccn3Cc3ccccc3)C2)c1. The Balaban J connectivity index is 1.33. The third-order valence-electron chi connectivity index (χ3n) is 5.44. The minimum atomic E-state index is 0.532. The summed E-state index contributed by atoms with van der Waals surface area (Å²) in [5.74, 6) is 1.77. The summed E-state index contributed by atoms with van der Waals surface area (Å²) in [7, 11) is 0. The second-order valence-corrected chi connectivity index (χ2v) is 7.67. The van der Waals surface area contributed by atoms with Crippen molar-refractivity contribution in [3.8, 4) is 0 Å². The summed E-state index contributed by atoms with van der Waals surface area (Å²) < 4.78 is 4.39. The largest absolute Gasteiger partial charge is 0.330 e. The lowest BCUT2D eigenvalue weighted by molar-refractivity contribution is 0.197. The molecule has 1 atom stereocenters. The van der Waals surface area contributed by atoms with Crippen LogP contribution in [0.3, 0.4) is 0 Å². The first-order chi connectivity index (χ1) is 13.3. The molecule has 0 unspecified atom stereocenters. The smallest absolute Gasteiger partial charge is 0.113 e. The Labute approximate surface area is 161 Å². The zero-order valence-electron chi connectivity index (χ0n) is 16.2. The van der Waals surface area contributed by atoms with Crippen molar-refractivity contribution >= 4 is 0 Å². The van der Waals surface area contributed by atoms with E-state index in [1.54, 1.807) is 0 Å². The zero-order chi connectivity index (χ0) is 18.5. The van der Waals surface area contributed by atoms with Crippen molar-refractivity contribution < 1.29 is 0 Å². The fourth-order valence-electron chi connectivity index (χ4n) is 4.11. The van der Waals surface area contributed by atoms with Gasteiger partial charge in [-0.3, -0.25) is 4.68 Å². The van der Waals surface area contributed by atoms with Gasteiger partial charge >= 0.3 is 0 Å². The van der Waals surface area contributed by atoms with Gasteiger partial charge in [-0.05, 0) is 50.4 Å². The predicted octanol–water partition coefficient (Wildman–Crippen LogP) is 3.71. The van der Waals surface area contributed by atoms with Crippen LogP contribution in [0, 0.1) is 6.92 Å². The topological polar surface area (TPSA) is 38.9 Å². The summed E-state index contributed by atoms with van der Waals surface area (Å²) in [6.07, 6.45) is 11.8. The van der Waals surface area contributed by atoms with E-state index in [1.807, 2.05) is 12.4 Å². The summed E-state index contributed by atoms with van der Waals surface area (Å²) >= 11 is 0. The monoisotopic (exact) mass is 363 g/mol. The second kappa shape index (κ2) is 8.53. The average molecular weight is 364 g/mol. The second-order valence-electron chi connectivity index (χ2n) is 7.67. The minimum Gasteiger partial charge on any atom is -0.330 e. The fourth-order valence-corrected chi connectivity index (χ4v) is 4.11. The number of aromatic nitrogens is 4. The van der Waals surface area contributed by atoms with Gasteiger partial charge in [0.25, 0.3) is 0 Å². The third-order valence-corrected chi connectivity index (χ3v) is 5.44. The lowest BCUT2D eigenvalue weighted by atomic mass is 9.97. The van der Waals surface area contributed by atoms with E-state index in [9.17, 15) is 0 Å². The van der Waals surface area contributed by atoms with Gasteiger partial charge in [0, 0.05) is 44.1 Å². The number of hydrogen-bond donors (Lipinski definition) is 0. The summed E-state index contributed by atoms with van der Waals surface area (Å²) in [5.41, 5.74) is 2.57. The number of likely N-dealkylation sites (tertiary alicyclic amines) is 1. The summed E-state index contributed by atoms with van der Waals surface area (Å²) in [5, 5.41) is 4.39. The number of rotatable bonds is 7. The Morgan fingerprint density at radius 1 is 1.15 bits per heavy atom. The molecule has 1 fully saturated rings. The first kappa shape index (κ1) is 18.0. The molecule has 3 aromatic rings. The molecule has 0 bridgehead atoms. The van der Waals surface area contributed by atoms with Crippen molar-refractivity contribution in [1.29, 1.82) is 0 Å². The van der Waals surface area contributed by atoms with Gasteiger partial charge in [-0.1, -0.05) is 30.3 Å². The van der Waals surface area contributed by atoms with Crippen molar-refractivity contribution in [1.82, 2.24) is 24.2 Å². The van der Waals surface area contributed by atoms with E-state index in [-0.39, 0.29) is 0 Å². The van der Waals surface area contributed by atoms with Gasteiger partial charge in [-0.15, -0.1) is 0 Å². The summed E-state index contributed by atoms with van der Waals surface area (Å²) in [6, 6.07) is 10.7. The molecule has 1 saturated heterocycles. The molecule has 0 saturated carbocycles. The molecule has 0 amide bonds. The molecule has 3 heterocycles. The molecule has 1 aliphatic rings. The Hall–Kier alpha value is -2.40. The molecule has 0 radical (unpaired) electrons. The average Bonchev–Trinajstić information content (AvgIpc) is 3.32. The van der Waals surface area contributed by atoms with Crippen LogP contribution < -0.4 is 0 Å². The van der Waals surface area contributed by atoms with Crippen molar-refractivity contribution in [2.24, 2.45) is 0 Å². The standard InChI is InChI=1S/C22H29N5/c1-19-15-24-27(16-19)13-6-12-25-11-5-9-21(18-25)22-23-10-14-26(22)17-20-7-3-2-4-8-20/h2-4,7-8,10,14-16,21H,5-6,9,11-13,17-18H2,1H3/t21-/m0/s1. The number of benzene rings is 1. The van der Waals surface area contributed by atoms with Crippen LogP contribution in [0.4, 0.5) is 0 Å². The molecule has 0 N–H and O–H groups in total. The molecule has 27 heavy (non-hydrogen) atoms. The van der Waals surface area contributed by atoms with E-state index in [0.717, 1.165) is 32.6 Å². The molecular formula is C22H29N5. The first-order valence-corrected chi connectivity index (χ1v) is 10.0. The van der Waals surface area contributed by atoms with E-state index in [1.165, 1.54) is 36.3 Å². The van der Waals surface area contributed by atoms with E-state index in [4.69, 9.17) is 4.98 Å². The number of nitrogens with zero attached hydrogens (tertiary/aromatic N) is 5. The van der Waals surface area contributed by atoms with Crippen molar-refractivity contribution in [3.05, 3.63) is 72.1 Å². The number of imidazole rings is 1. The molecular weight excluding hydrogens is 334 g/mol. The van der Waals surface area contributed by atoms with Gasteiger partial charge in [0.2, 0.25) is 0 Å². The quantitative estimate of drug-likeness (QED) is 0.642. The molecule has 5 heteroatoms. The minimum absolute atomic E-state index is 0.532. The maximum Gasteiger partial charge on any atom is 0.113 e. The van der Waals surface area contributed by atoms with Gasteiger partial charge in [0.15, 0.2) is 0 Å². The van der Waals surface area contributed by atoms with Crippen molar-refractivity contribution in [3.63, 3.8) is 0 Å².